The van der Waals surface area contributed by atoms with E-state index in [2.05, 4.69) is 15.2 Å². The van der Waals surface area contributed by atoms with E-state index in [-0.39, 0.29) is 22.9 Å². The molecular weight excluding hydrogens is 309 g/mol. The summed E-state index contributed by atoms with van der Waals surface area (Å²) in [7, 11) is 0. The number of halogens is 3. The van der Waals surface area contributed by atoms with E-state index in [1.165, 1.54) is 18.5 Å². The maximum atomic E-state index is 13.4. The molecule has 0 aliphatic rings. The molecule has 0 aliphatic carbocycles. The number of aromatic nitrogens is 4. The lowest BCUT2D eigenvalue weighted by Gasteiger charge is -2.12. The summed E-state index contributed by atoms with van der Waals surface area (Å²) in [5.41, 5.74) is -0.467. The Morgan fingerprint density at radius 1 is 1.22 bits per heavy atom. The smallest absolute Gasteiger partial charge is 0.361 e. The number of nitrogens with zero attached hydrogens (tertiary/aromatic N) is 4. The Hall–Kier alpha value is -2.38. The molecule has 5 nitrogen and oxygen atoms in total. The second-order valence-electron chi connectivity index (χ2n) is 6.33. The summed E-state index contributed by atoms with van der Waals surface area (Å²) in [5.74, 6) is 0.611. The topological polar surface area (TPSA) is 56.7 Å². The third kappa shape index (κ3) is 2.93. The molecule has 23 heavy (non-hydrogen) atoms. The molecule has 0 atom stereocenters. The molecule has 8 heteroatoms. The van der Waals surface area contributed by atoms with Crippen molar-refractivity contribution < 1.29 is 17.7 Å². The Kier molecular flexibility index (Phi) is 3.42. The molecule has 0 bridgehead atoms. The molecule has 3 aromatic rings. The second kappa shape index (κ2) is 5.07. The van der Waals surface area contributed by atoms with Crippen molar-refractivity contribution in [2.45, 2.75) is 38.9 Å². The van der Waals surface area contributed by atoms with Crippen molar-refractivity contribution in [3.05, 3.63) is 41.7 Å². The van der Waals surface area contributed by atoms with Crippen LogP contribution in [0.4, 0.5) is 13.2 Å². The van der Waals surface area contributed by atoms with E-state index in [1.807, 2.05) is 20.8 Å². The lowest BCUT2D eigenvalue weighted by molar-refractivity contribution is -0.142. The van der Waals surface area contributed by atoms with Gasteiger partial charge in [0.2, 0.25) is 0 Å². The first-order valence-corrected chi connectivity index (χ1v) is 7.00. The summed E-state index contributed by atoms with van der Waals surface area (Å²) in [6.07, 6.45) is -1.95. The Bertz CT molecular complexity index is 842. The highest BCUT2D eigenvalue weighted by Gasteiger charge is 2.38. The van der Waals surface area contributed by atoms with Crippen LogP contribution < -0.4 is 0 Å². The Labute approximate surface area is 130 Å². The van der Waals surface area contributed by atoms with E-state index in [0.29, 0.717) is 11.5 Å². The molecule has 0 aliphatic heterocycles. The van der Waals surface area contributed by atoms with E-state index < -0.39 is 11.9 Å². The number of hydrogen-bond acceptors (Lipinski definition) is 4. The second-order valence-corrected chi connectivity index (χ2v) is 6.33. The minimum atomic E-state index is -4.53. The molecule has 0 saturated heterocycles. The van der Waals surface area contributed by atoms with Crippen molar-refractivity contribution in [1.29, 1.82) is 0 Å². The molecule has 0 radical (unpaired) electrons. The fraction of sp³-hybridized carbons (Fsp3) is 0.400. The average Bonchev–Trinajstić information content (AvgIpc) is 3.01. The van der Waals surface area contributed by atoms with Gasteiger partial charge in [0, 0.05) is 23.9 Å². The van der Waals surface area contributed by atoms with Gasteiger partial charge in [0.1, 0.15) is 11.5 Å². The van der Waals surface area contributed by atoms with Gasteiger partial charge in [-0.1, -0.05) is 25.9 Å². The van der Waals surface area contributed by atoms with E-state index in [1.54, 1.807) is 6.07 Å². The first-order chi connectivity index (χ1) is 10.7. The van der Waals surface area contributed by atoms with Gasteiger partial charge in [-0.05, 0) is 6.07 Å². The summed E-state index contributed by atoms with van der Waals surface area (Å²) in [4.78, 5) is 3.76. The summed E-state index contributed by atoms with van der Waals surface area (Å²) in [5, 5.41) is 7.85. The van der Waals surface area contributed by atoms with E-state index in [4.69, 9.17) is 4.52 Å². The lowest BCUT2D eigenvalue weighted by Crippen LogP contribution is -2.16. The van der Waals surface area contributed by atoms with Crippen LogP contribution in [0.3, 0.4) is 0 Å². The fourth-order valence-electron chi connectivity index (χ4n) is 2.28. The van der Waals surface area contributed by atoms with Crippen LogP contribution in [0.2, 0.25) is 0 Å². The highest BCUT2D eigenvalue weighted by molar-refractivity contribution is 5.80. The van der Waals surface area contributed by atoms with Crippen molar-refractivity contribution in [3.63, 3.8) is 0 Å². The molecule has 0 spiro atoms. The molecule has 3 aromatic heterocycles. The highest BCUT2D eigenvalue weighted by Crippen LogP contribution is 2.35. The van der Waals surface area contributed by atoms with Crippen LogP contribution in [0.5, 0.6) is 0 Å². The average molecular weight is 324 g/mol. The summed E-state index contributed by atoms with van der Waals surface area (Å²) < 4.78 is 46.2. The normalized spacial score (nSPS) is 13.0. The molecule has 0 saturated carbocycles. The minimum absolute atomic E-state index is 0.0282. The van der Waals surface area contributed by atoms with Gasteiger partial charge in [0.05, 0.1) is 17.4 Å². The zero-order valence-corrected chi connectivity index (χ0v) is 12.8. The Morgan fingerprint density at radius 2 is 1.96 bits per heavy atom. The number of fused-ring (bicyclic) bond motifs is 1. The summed E-state index contributed by atoms with van der Waals surface area (Å²) in [6, 6.07) is 3.11. The van der Waals surface area contributed by atoms with Crippen LogP contribution in [0.15, 0.2) is 29.0 Å². The molecule has 3 heterocycles. The van der Waals surface area contributed by atoms with Crippen LogP contribution in [0, 0.1) is 0 Å². The van der Waals surface area contributed by atoms with Crippen LogP contribution >= 0.6 is 0 Å². The maximum absolute atomic E-state index is 13.4. The maximum Gasteiger partial charge on any atom is 0.433 e. The van der Waals surface area contributed by atoms with Crippen molar-refractivity contribution in [2.24, 2.45) is 0 Å². The zero-order valence-electron chi connectivity index (χ0n) is 12.8. The Balaban J connectivity index is 2.05. The van der Waals surface area contributed by atoms with E-state index in [9.17, 15) is 13.2 Å². The predicted octanol–water partition coefficient (Wildman–Crippen LogP) is 3.78. The summed E-state index contributed by atoms with van der Waals surface area (Å²) in [6.45, 7) is 5.69. The first kappa shape index (κ1) is 15.5. The van der Waals surface area contributed by atoms with Crippen LogP contribution in [-0.2, 0) is 18.1 Å². The quantitative estimate of drug-likeness (QED) is 0.720. The van der Waals surface area contributed by atoms with Crippen molar-refractivity contribution in [3.8, 4) is 0 Å². The molecular formula is C15H15F3N4O. The molecule has 3 rings (SSSR count). The van der Waals surface area contributed by atoms with E-state index in [0.717, 1.165) is 4.68 Å². The lowest BCUT2D eigenvalue weighted by atomic mass is 9.93. The van der Waals surface area contributed by atoms with Gasteiger partial charge in [0.25, 0.3) is 0 Å². The largest absolute Gasteiger partial charge is 0.433 e. The molecule has 0 unspecified atom stereocenters. The highest BCUT2D eigenvalue weighted by atomic mass is 19.4. The zero-order chi connectivity index (χ0) is 16.8. The number of rotatable bonds is 2. The monoisotopic (exact) mass is 324 g/mol. The SMILES string of the molecule is CC(C)(C)c1cc(Cn2nc3ccncc3c2C(F)(F)F)no1. The van der Waals surface area contributed by atoms with Crippen molar-refractivity contribution in [2.75, 3.05) is 0 Å². The van der Waals surface area contributed by atoms with Crippen LogP contribution in [-0.4, -0.2) is 19.9 Å². The Morgan fingerprint density at radius 3 is 2.57 bits per heavy atom. The van der Waals surface area contributed by atoms with Gasteiger partial charge in [-0.15, -0.1) is 0 Å². The molecule has 0 fully saturated rings. The number of pyridine rings is 1. The molecule has 0 amide bonds. The van der Waals surface area contributed by atoms with E-state index >= 15 is 0 Å². The molecule has 0 N–H and O–H groups in total. The molecule has 122 valence electrons. The van der Waals surface area contributed by atoms with Crippen molar-refractivity contribution >= 4 is 10.9 Å². The van der Waals surface area contributed by atoms with Crippen LogP contribution in [0.1, 0.15) is 37.9 Å². The molecule has 0 aromatic carbocycles. The van der Waals surface area contributed by atoms with Crippen molar-refractivity contribution in [1.82, 2.24) is 19.9 Å². The third-order valence-electron chi connectivity index (χ3n) is 3.42. The van der Waals surface area contributed by atoms with Gasteiger partial charge in [-0.25, -0.2) is 0 Å². The van der Waals surface area contributed by atoms with Gasteiger partial charge < -0.3 is 4.52 Å². The number of alkyl halides is 3. The first-order valence-electron chi connectivity index (χ1n) is 7.00. The van der Waals surface area contributed by atoms with Gasteiger partial charge in [-0.2, -0.15) is 18.3 Å². The van der Waals surface area contributed by atoms with Gasteiger partial charge in [-0.3, -0.25) is 9.67 Å². The fourth-order valence-corrected chi connectivity index (χ4v) is 2.28. The van der Waals surface area contributed by atoms with Gasteiger partial charge in [0.15, 0.2) is 5.69 Å². The van der Waals surface area contributed by atoms with Crippen LogP contribution in [0.25, 0.3) is 10.9 Å². The standard InChI is InChI=1S/C15H15F3N4O/c1-14(2,3)12-6-9(21-23-12)8-22-13(15(16,17)18)10-7-19-5-4-11(10)20-22/h4-7H,8H2,1-3H3. The predicted molar refractivity (Wildman–Crippen MR) is 76.8 cm³/mol. The summed E-state index contributed by atoms with van der Waals surface area (Å²) >= 11 is 0. The minimum Gasteiger partial charge on any atom is -0.361 e. The third-order valence-corrected chi connectivity index (χ3v) is 3.42. The number of hydrogen-bond donors (Lipinski definition) is 0. The van der Waals surface area contributed by atoms with Gasteiger partial charge >= 0.3 is 6.18 Å².